The molecule has 2 fully saturated rings. The van der Waals surface area contributed by atoms with Gasteiger partial charge in [-0.2, -0.15) is 0 Å². The first kappa shape index (κ1) is 28.3. The first-order valence-corrected chi connectivity index (χ1v) is 15.6. The van der Waals surface area contributed by atoms with Gasteiger partial charge in [-0.3, -0.25) is 9.79 Å². The molecule has 0 spiro atoms. The summed E-state index contributed by atoms with van der Waals surface area (Å²) < 4.78 is 32.8. The lowest BCUT2D eigenvalue weighted by molar-refractivity contribution is -0.178. The number of hydrogen-bond donors (Lipinski definition) is 0. The highest BCUT2D eigenvalue weighted by Gasteiger charge is 2.52. The van der Waals surface area contributed by atoms with E-state index in [1.807, 2.05) is 30.3 Å². The second kappa shape index (κ2) is 11.0. The standard InChI is InChI=1S/C29H33Cl2N3O4S/c1-29(2,3)39(36,37)16-24(18-7-8-18)34-26(19-9-11-21(30)12-10-19)27(20-5-4-6-22(31)13-20)38-25(28(34)35)14-23-15-32-17-33-23/h4-6,9-13,17-18,24-27H,7-8,14-16H2,1-3H3/t24-,25+,26-,27-/m1/s1. The summed E-state index contributed by atoms with van der Waals surface area (Å²) >= 11 is 12.6. The molecule has 1 aliphatic carbocycles. The summed E-state index contributed by atoms with van der Waals surface area (Å²) in [4.78, 5) is 24.7. The second-order valence-electron chi connectivity index (χ2n) is 11.5. The van der Waals surface area contributed by atoms with Crippen LogP contribution in [0.1, 0.15) is 63.3 Å². The highest BCUT2D eigenvalue weighted by molar-refractivity contribution is 7.92. The summed E-state index contributed by atoms with van der Waals surface area (Å²) in [5.74, 6) is -0.258. The fourth-order valence-electron chi connectivity index (χ4n) is 5.24. The largest absolute Gasteiger partial charge is 0.358 e. The first-order chi connectivity index (χ1) is 18.4. The molecule has 2 heterocycles. The van der Waals surface area contributed by atoms with Crippen LogP contribution >= 0.6 is 23.2 Å². The molecule has 4 atom stereocenters. The minimum atomic E-state index is -3.54. The predicted octanol–water partition coefficient (Wildman–Crippen LogP) is 5.87. The van der Waals surface area contributed by atoms with Crippen molar-refractivity contribution in [3.8, 4) is 0 Å². The normalized spacial score (nSPS) is 24.6. The molecule has 2 aromatic carbocycles. The average molecular weight is 591 g/mol. The molecule has 10 heteroatoms. The van der Waals surface area contributed by atoms with E-state index in [2.05, 4.69) is 9.98 Å². The third-order valence-corrected chi connectivity index (χ3v) is 10.8. The van der Waals surface area contributed by atoms with E-state index in [1.54, 1.807) is 43.9 Å². The van der Waals surface area contributed by atoms with Crippen LogP contribution in [-0.4, -0.2) is 60.5 Å². The van der Waals surface area contributed by atoms with Crippen LogP contribution in [0, 0.1) is 5.92 Å². The van der Waals surface area contributed by atoms with E-state index in [4.69, 9.17) is 27.9 Å². The molecule has 0 radical (unpaired) electrons. The van der Waals surface area contributed by atoms with Gasteiger partial charge >= 0.3 is 0 Å². The zero-order chi connectivity index (χ0) is 27.9. The molecular formula is C29H33Cl2N3O4S. The van der Waals surface area contributed by atoms with Gasteiger partial charge in [-0.1, -0.05) is 47.5 Å². The number of carbonyl (C=O) groups is 1. The van der Waals surface area contributed by atoms with Gasteiger partial charge in [0.05, 0.1) is 23.1 Å². The van der Waals surface area contributed by atoms with E-state index >= 15 is 0 Å². The van der Waals surface area contributed by atoms with Crippen molar-refractivity contribution >= 4 is 51.0 Å². The van der Waals surface area contributed by atoms with Crippen molar-refractivity contribution in [2.24, 2.45) is 15.9 Å². The number of rotatable bonds is 8. The monoisotopic (exact) mass is 589 g/mol. The number of halogens is 2. The lowest BCUT2D eigenvalue weighted by atomic mass is 9.89. The maximum atomic E-state index is 14.4. The average Bonchev–Trinajstić information content (AvgIpc) is 3.59. The van der Waals surface area contributed by atoms with Gasteiger partial charge in [-0.15, -0.1) is 0 Å². The van der Waals surface area contributed by atoms with Gasteiger partial charge < -0.3 is 9.64 Å². The van der Waals surface area contributed by atoms with Crippen LogP contribution in [0.5, 0.6) is 0 Å². The zero-order valence-electron chi connectivity index (χ0n) is 22.3. The smallest absolute Gasteiger partial charge is 0.253 e. The lowest BCUT2D eigenvalue weighted by Crippen LogP contribution is -2.58. The molecule has 1 saturated carbocycles. The van der Waals surface area contributed by atoms with Gasteiger partial charge in [0, 0.05) is 28.2 Å². The third-order valence-electron chi connectivity index (χ3n) is 7.68. The van der Waals surface area contributed by atoms with E-state index < -0.39 is 38.9 Å². The van der Waals surface area contributed by atoms with Crippen molar-refractivity contribution in [2.45, 2.75) is 69.1 Å². The molecule has 3 aliphatic rings. The van der Waals surface area contributed by atoms with Crippen molar-refractivity contribution in [3.63, 3.8) is 0 Å². The Labute approximate surface area is 240 Å². The summed E-state index contributed by atoms with van der Waals surface area (Å²) in [6, 6.07) is 13.7. The number of hydrogen-bond acceptors (Lipinski definition) is 6. The topological polar surface area (TPSA) is 88.4 Å². The Balaban J connectivity index is 1.65. The Bertz CT molecular complexity index is 1400. The van der Waals surface area contributed by atoms with Crippen molar-refractivity contribution in [1.82, 2.24) is 4.90 Å². The number of aliphatic imine (C=N–C) groups is 2. The summed E-state index contributed by atoms with van der Waals surface area (Å²) in [5, 5.41) is 1.12. The Morgan fingerprint density at radius 1 is 1.05 bits per heavy atom. The highest BCUT2D eigenvalue weighted by atomic mass is 35.5. The third kappa shape index (κ3) is 6.09. The predicted molar refractivity (Wildman–Crippen MR) is 156 cm³/mol. The molecule has 0 bridgehead atoms. The molecule has 0 N–H and O–H groups in total. The van der Waals surface area contributed by atoms with Crippen molar-refractivity contribution < 1.29 is 17.9 Å². The molecule has 0 unspecified atom stereocenters. The van der Waals surface area contributed by atoms with Crippen LogP contribution in [0.2, 0.25) is 10.0 Å². The van der Waals surface area contributed by atoms with Gasteiger partial charge in [-0.05, 0) is 74.9 Å². The second-order valence-corrected chi connectivity index (χ2v) is 15.2. The maximum absolute atomic E-state index is 14.4. The molecule has 2 aromatic rings. The molecule has 0 aromatic heterocycles. The van der Waals surface area contributed by atoms with Gasteiger partial charge in [0.1, 0.15) is 18.5 Å². The van der Waals surface area contributed by atoms with Crippen LogP contribution in [0.4, 0.5) is 0 Å². The summed E-state index contributed by atoms with van der Waals surface area (Å²) in [6.07, 6.45) is 2.09. The summed E-state index contributed by atoms with van der Waals surface area (Å²) in [6.45, 7) is 5.54. The summed E-state index contributed by atoms with van der Waals surface area (Å²) in [7, 11) is -3.54. The Morgan fingerprint density at radius 3 is 2.36 bits per heavy atom. The van der Waals surface area contributed by atoms with Gasteiger partial charge in [0.25, 0.3) is 5.91 Å². The van der Waals surface area contributed by atoms with E-state index in [9.17, 15) is 13.2 Å². The minimum absolute atomic E-state index is 0.0896. The number of amides is 1. The van der Waals surface area contributed by atoms with Crippen LogP contribution in [0.3, 0.4) is 0 Å². The molecule has 2 aliphatic heterocycles. The number of benzene rings is 2. The maximum Gasteiger partial charge on any atom is 0.253 e. The number of nitrogens with zero attached hydrogens (tertiary/aromatic N) is 3. The van der Waals surface area contributed by atoms with Crippen LogP contribution in [0.25, 0.3) is 0 Å². The van der Waals surface area contributed by atoms with E-state index in [1.165, 1.54) is 6.34 Å². The fraction of sp³-hybridized carbons (Fsp3) is 0.483. The number of ether oxygens (including phenoxy) is 1. The van der Waals surface area contributed by atoms with Crippen molar-refractivity contribution in [1.29, 1.82) is 0 Å². The molecular weight excluding hydrogens is 557 g/mol. The van der Waals surface area contributed by atoms with E-state index in [-0.39, 0.29) is 24.0 Å². The summed E-state index contributed by atoms with van der Waals surface area (Å²) in [5.41, 5.74) is 2.38. The molecule has 39 heavy (non-hydrogen) atoms. The molecule has 1 amide bonds. The van der Waals surface area contributed by atoms with Crippen molar-refractivity contribution in [3.05, 3.63) is 69.7 Å². The fourth-order valence-corrected chi connectivity index (χ4v) is 6.95. The quantitative estimate of drug-likeness (QED) is 0.385. The minimum Gasteiger partial charge on any atom is -0.358 e. The Morgan fingerprint density at radius 2 is 1.77 bits per heavy atom. The van der Waals surface area contributed by atoms with Gasteiger partial charge in [0.15, 0.2) is 9.84 Å². The van der Waals surface area contributed by atoms with Crippen LogP contribution in [0.15, 0.2) is 58.5 Å². The SMILES string of the molecule is CC(C)(C)S(=O)(=O)C[C@H](C1CC1)N1C(=O)[C@H](CC2=NC=NC2)O[C@H](c2cccc(Cl)c2)[C@H]1c1ccc(Cl)cc1. The Kier molecular flexibility index (Phi) is 7.94. The molecule has 5 rings (SSSR count). The molecule has 1 saturated heterocycles. The van der Waals surface area contributed by atoms with Gasteiger partial charge in [0.2, 0.25) is 0 Å². The zero-order valence-corrected chi connectivity index (χ0v) is 24.6. The van der Waals surface area contributed by atoms with Gasteiger partial charge in [-0.25, -0.2) is 13.4 Å². The van der Waals surface area contributed by atoms with Crippen LogP contribution < -0.4 is 0 Å². The highest BCUT2D eigenvalue weighted by Crippen LogP contribution is 2.48. The molecule has 208 valence electrons. The van der Waals surface area contributed by atoms with Crippen LogP contribution in [-0.2, 0) is 19.4 Å². The van der Waals surface area contributed by atoms with Crippen molar-refractivity contribution in [2.75, 3.05) is 12.3 Å². The number of carbonyl (C=O) groups excluding carboxylic acids is 1. The number of sulfone groups is 1. The van der Waals surface area contributed by atoms with E-state index in [0.717, 1.165) is 29.7 Å². The number of morpholine rings is 1. The first-order valence-electron chi connectivity index (χ1n) is 13.2. The molecule has 7 nitrogen and oxygen atoms in total. The lowest BCUT2D eigenvalue weighted by Gasteiger charge is -2.48. The van der Waals surface area contributed by atoms with E-state index in [0.29, 0.717) is 16.6 Å². The Hall–Kier alpha value is -2.26.